The fourth-order valence-electron chi connectivity index (χ4n) is 1.57. The van der Waals surface area contributed by atoms with E-state index in [0.717, 1.165) is 5.56 Å². The predicted molar refractivity (Wildman–Crippen MR) is 67.8 cm³/mol. The van der Waals surface area contributed by atoms with Crippen LogP contribution in [0.25, 0.3) is 0 Å². The zero-order valence-electron chi connectivity index (χ0n) is 10.3. The Labute approximate surface area is 109 Å². The first kappa shape index (κ1) is 12.8. The zero-order valence-corrected chi connectivity index (χ0v) is 10.3. The summed E-state index contributed by atoms with van der Waals surface area (Å²) < 4.78 is 1.55. The van der Waals surface area contributed by atoms with E-state index in [0.29, 0.717) is 12.2 Å². The summed E-state index contributed by atoms with van der Waals surface area (Å²) in [5.41, 5.74) is 1.40. The number of carbonyl (C=O) groups is 2. The van der Waals surface area contributed by atoms with Crippen molar-refractivity contribution in [1.82, 2.24) is 15.1 Å². The molecule has 0 bridgehead atoms. The molecule has 0 aliphatic carbocycles. The van der Waals surface area contributed by atoms with E-state index < -0.39 is 5.97 Å². The average Bonchev–Trinajstić information content (AvgIpc) is 2.83. The van der Waals surface area contributed by atoms with Gasteiger partial charge in [0.1, 0.15) is 5.69 Å². The number of carbonyl (C=O) groups excluding carboxylic acids is 1. The van der Waals surface area contributed by atoms with Crippen LogP contribution in [0.1, 0.15) is 26.4 Å². The molecule has 1 aromatic heterocycles. The SMILES string of the molecule is Cn1ccc(C(=O)NCc2ccc(C(=O)O)cc2)n1. The third-order valence-corrected chi connectivity index (χ3v) is 2.60. The molecule has 0 radical (unpaired) electrons. The minimum atomic E-state index is -0.968. The van der Waals surface area contributed by atoms with Crippen molar-refractivity contribution in [2.24, 2.45) is 7.05 Å². The van der Waals surface area contributed by atoms with Crippen LogP contribution in [-0.4, -0.2) is 26.8 Å². The van der Waals surface area contributed by atoms with Crippen LogP contribution in [0, 0.1) is 0 Å². The summed E-state index contributed by atoms with van der Waals surface area (Å²) in [5, 5.41) is 15.5. The Hall–Kier alpha value is -2.63. The Kier molecular flexibility index (Phi) is 3.61. The van der Waals surface area contributed by atoms with Gasteiger partial charge in [0, 0.05) is 19.8 Å². The van der Waals surface area contributed by atoms with Crippen molar-refractivity contribution >= 4 is 11.9 Å². The lowest BCUT2D eigenvalue weighted by molar-refractivity contribution is 0.0696. The summed E-state index contributed by atoms with van der Waals surface area (Å²) in [5.74, 6) is -1.23. The van der Waals surface area contributed by atoms with E-state index >= 15 is 0 Å². The molecule has 6 nitrogen and oxygen atoms in total. The molecule has 2 aromatic rings. The number of amides is 1. The second kappa shape index (κ2) is 5.34. The van der Waals surface area contributed by atoms with Gasteiger partial charge >= 0.3 is 5.97 Å². The molecule has 0 aliphatic rings. The van der Waals surface area contributed by atoms with E-state index in [1.807, 2.05) is 0 Å². The lowest BCUT2D eigenvalue weighted by Crippen LogP contribution is -2.23. The first-order valence-electron chi connectivity index (χ1n) is 5.66. The van der Waals surface area contributed by atoms with Gasteiger partial charge in [-0.2, -0.15) is 5.10 Å². The average molecular weight is 259 g/mol. The molecule has 2 rings (SSSR count). The van der Waals surface area contributed by atoms with Gasteiger partial charge in [0.05, 0.1) is 5.56 Å². The molecule has 1 heterocycles. The van der Waals surface area contributed by atoms with Gasteiger partial charge in [-0.3, -0.25) is 9.48 Å². The highest BCUT2D eigenvalue weighted by Gasteiger charge is 2.08. The molecule has 19 heavy (non-hydrogen) atoms. The van der Waals surface area contributed by atoms with Crippen LogP contribution in [0.2, 0.25) is 0 Å². The van der Waals surface area contributed by atoms with E-state index in [9.17, 15) is 9.59 Å². The highest BCUT2D eigenvalue weighted by atomic mass is 16.4. The van der Waals surface area contributed by atoms with E-state index in [1.54, 1.807) is 36.1 Å². The molecule has 2 N–H and O–H groups in total. The first-order chi connectivity index (χ1) is 9.06. The largest absolute Gasteiger partial charge is 0.478 e. The van der Waals surface area contributed by atoms with Crippen molar-refractivity contribution < 1.29 is 14.7 Å². The van der Waals surface area contributed by atoms with E-state index in [1.165, 1.54) is 12.1 Å². The molecule has 0 fully saturated rings. The van der Waals surface area contributed by atoms with Crippen LogP contribution in [0.4, 0.5) is 0 Å². The van der Waals surface area contributed by atoms with Gasteiger partial charge in [0.25, 0.3) is 5.91 Å². The van der Waals surface area contributed by atoms with Crippen molar-refractivity contribution in [3.05, 3.63) is 53.3 Å². The molecule has 0 aliphatic heterocycles. The topological polar surface area (TPSA) is 84.2 Å². The predicted octanol–water partition coefficient (Wildman–Crippen LogP) is 1.05. The van der Waals surface area contributed by atoms with Crippen molar-refractivity contribution in [2.45, 2.75) is 6.54 Å². The van der Waals surface area contributed by atoms with Crippen molar-refractivity contribution in [3.8, 4) is 0 Å². The molecule has 0 atom stereocenters. The number of rotatable bonds is 4. The molecule has 0 unspecified atom stereocenters. The Bertz CT molecular complexity index is 602. The number of hydrogen-bond acceptors (Lipinski definition) is 3. The van der Waals surface area contributed by atoms with Crippen LogP contribution in [0.5, 0.6) is 0 Å². The van der Waals surface area contributed by atoms with E-state index in [2.05, 4.69) is 10.4 Å². The second-order valence-corrected chi connectivity index (χ2v) is 4.06. The number of hydrogen-bond donors (Lipinski definition) is 2. The maximum atomic E-state index is 11.7. The van der Waals surface area contributed by atoms with E-state index in [4.69, 9.17) is 5.11 Å². The van der Waals surface area contributed by atoms with Crippen molar-refractivity contribution in [2.75, 3.05) is 0 Å². The second-order valence-electron chi connectivity index (χ2n) is 4.06. The fraction of sp³-hybridized carbons (Fsp3) is 0.154. The van der Waals surface area contributed by atoms with Crippen molar-refractivity contribution in [3.63, 3.8) is 0 Å². The third kappa shape index (κ3) is 3.19. The number of aromatic nitrogens is 2. The number of aromatic carboxylic acids is 1. The number of carboxylic acids is 1. The third-order valence-electron chi connectivity index (χ3n) is 2.60. The normalized spacial score (nSPS) is 10.2. The number of benzene rings is 1. The van der Waals surface area contributed by atoms with Gasteiger partial charge in [0.15, 0.2) is 0 Å². The maximum absolute atomic E-state index is 11.7. The zero-order chi connectivity index (χ0) is 13.8. The Morgan fingerprint density at radius 2 is 1.95 bits per heavy atom. The summed E-state index contributed by atoms with van der Waals surface area (Å²) in [7, 11) is 1.74. The lowest BCUT2D eigenvalue weighted by atomic mass is 10.1. The summed E-state index contributed by atoms with van der Waals surface area (Å²) in [6.07, 6.45) is 1.69. The number of aryl methyl sites for hydroxylation is 1. The molecule has 1 amide bonds. The minimum absolute atomic E-state index is 0.222. The highest BCUT2D eigenvalue weighted by molar-refractivity contribution is 5.92. The summed E-state index contributed by atoms with van der Waals surface area (Å²) in [6.45, 7) is 0.329. The van der Waals surface area contributed by atoms with Crippen LogP contribution >= 0.6 is 0 Å². The number of nitrogens with zero attached hydrogens (tertiary/aromatic N) is 2. The molecule has 98 valence electrons. The lowest BCUT2D eigenvalue weighted by Gasteiger charge is -2.04. The first-order valence-corrected chi connectivity index (χ1v) is 5.66. The van der Waals surface area contributed by atoms with Gasteiger partial charge in [-0.05, 0) is 23.8 Å². The molecule has 0 saturated heterocycles. The Balaban J connectivity index is 1.95. The Morgan fingerprint density at radius 3 is 2.47 bits per heavy atom. The monoisotopic (exact) mass is 259 g/mol. The van der Waals surface area contributed by atoms with Gasteiger partial charge in [-0.1, -0.05) is 12.1 Å². The van der Waals surface area contributed by atoms with Crippen molar-refractivity contribution in [1.29, 1.82) is 0 Å². The summed E-state index contributed by atoms with van der Waals surface area (Å²) in [4.78, 5) is 22.4. The summed E-state index contributed by atoms with van der Waals surface area (Å²) in [6, 6.07) is 7.97. The van der Waals surface area contributed by atoms with E-state index in [-0.39, 0.29) is 11.5 Å². The van der Waals surface area contributed by atoms with Crippen LogP contribution in [0.3, 0.4) is 0 Å². The van der Waals surface area contributed by atoms with Gasteiger partial charge in [-0.15, -0.1) is 0 Å². The maximum Gasteiger partial charge on any atom is 0.335 e. The standard InChI is InChI=1S/C13H13N3O3/c1-16-7-6-11(15-16)12(17)14-8-9-2-4-10(5-3-9)13(18)19/h2-7H,8H2,1H3,(H,14,17)(H,18,19). The Morgan fingerprint density at radius 1 is 1.26 bits per heavy atom. The smallest absolute Gasteiger partial charge is 0.335 e. The number of nitrogens with one attached hydrogen (secondary N) is 1. The molecular weight excluding hydrogens is 246 g/mol. The quantitative estimate of drug-likeness (QED) is 0.859. The molecular formula is C13H13N3O3. The molecule has 0 spiro atoms. The highest BCUT2D eigenvalue weighted by Crippen LogP contribution is 2.04. The van der Waals surface area contributed by atoms with Gasteiger partial charge in [-0.25, -0.2) is 4.79 Å². The van der Waals surface area contributed by atoms with Gasteiger partial charge < -0.3 is 10.4 Å². The molecule has 0 saturated carbocycles. The summed E-state index contributed by atoms with van der Waals surface area (Å²) >= 11 is 0. The van der Waals surface area contributed by atoms with Crippen LogP contribution in [0.15, 0.2) is 36.5 Å². The van der Waals surface area contributed by atoms with Crippen LogP contribution < -0.4 is 5.32 Å². The fourth-order valence-corrected chi connectivity index (χ4v) is 1.57. The van der Waals surface area contributed by atoms with Crippen LogP contribution in [-0.2, 0) is 13.6 Å². The van der Waals surface area contributed by atoms with Gasteiger partial charge in [0.2, 0.25) is 0 Å². The number of carboxylic acid groups (broad SMARTS) is 1. The molecule has 6 heteroatoms. The molecule has 1 aromatic carbocycles. The minimum Gasteiger partial charge on any atom is -0.478 e.